The highest BCUT2D eigenvalue weighted by Gasteiger charge is 2.46. The second-order valence-corrected chi connectivity index (χ2v) is 10.8. The molecule has 198 valence electrons. The van der Waals surface area contributed by atoms with Gasteiger partial charge < -0.3 is 24.8 Å². The van der Waals surface area contributed by atoms with Crippen LogP contribution in [0.5, 0.6) is 5.88 Å². The lowest BCUT2D eigenvalue weighted by atomic mass is 9.85. The van der Waals surface area contributed by atoms with E-state index in [1.807, 2.05) is 26.8 Å². The molecule has 37 heavy (non-hydrogen) atoms. The molecule has 1 fully saturated rings. The SMILES string of the molecule is C=Cc1cc2cc3c(nccc13)O[C@@H]1C[C@@H](C(=O)O)N(C1)C(=O)[C@H](C(C)(C)C)NC(=O)OCCCCC2. The van der Waals surface area contributed by atoms with Crippen LogP contribution in [-0.4, -0.2) is 64.3 Å². The highest BCUT2D eigenvalue weighted by Crippen LogP contribution is 2.33. The monoisotopic (exact) mass is 509 g/mol. The maximum atomic E-state index is 13.6. The molecule has 2 aromatic rings. The van der Waals surface area contributed by atoms with Crippen LogP contribution < -0.4 is 10.1 Å². The number of carboxylic acid groups (broad SMARTS) is 1. The predicted octanol–water partition coefficient (Wildman–Crippen LogP) is 4.18. The minimum Gasteiger partial charge on any atom is -0.480 e. The number of cyclic esters (lactones) is 1. The number of hydrogen-bond donors (Lipinski definition) is 2. The van der Waals surface area contributed by atoms with Crippen molar-refractivity contribution in [2.45, 2.75) is 71.1 Å². The fourth-order valence-electron chi connectivity index (χ4n) is 5.02. The summed E-state index contributed by atoms with van der Waals surface area (Å²) in [5.41, 5.74) is 1.40. The van der Waals surface area contributed by atoms with E-state index in [1.165, 1.54) is 4.90 Å². The second-order valence-electron chi connectivity index (χ2n) is 10.8. The van der Waals surface area contributed by atoms with Crippen LogP contribution in [0.4, 0.5) is 4.79 Å². The van der Waals surface area contributed by atoms with Gasteiger partial charge in [-0.1, -0.05) is 39.5 Å². The number of rotatable bonds is 2. The summed E-state index contributed by atoms with van der Waals surface area (Å²) in [5, 5.41) is 14.4. The average Bonchev–Trinajstić information content (AvgIpc) is 3.27. The van der Waals surface area contributed by atoms with E-state index in [9.17, 15) is 19.5 Å². The fourth-order valence-corrected chi connectivity index (χ4v) is 5.02. The summed E-state index contributed by atoms with van der Waals surface area (Å²) < 4.78 is 11.6. The molecule has 0 spiro atoms. The molecule has 0 aliphatic carbocycles. The Bertz CT molecular complexity index is 1200. The Morgan fingerprint density at radius 1 is 1.22 bits per heavy atom. The van der Waals surface area contributed by atoms with Gasteiger partial charge in [0.2, 0.25) is 11.8 Å². The van der Waals surface area contributed by atoms with Gasteiger partial charge in [-0.2, -0.15) is 0 Å². The van der Waals surface area contributed by atoms with Crippen molar-refractivity contribution >= 4 is 34.8 Å². The minimum atomic E-state index is -1.12. The van der Waals surface area contributed by atoms with Crippen LogP contribution in [0.1, 0.15) is 57.6 Å². The first-order chi connectivity index (χ1) is 17.6. The molecule has 3 atom stereocenters. The molecule has 4 rings (SSSR count). The van der Waals surface area contributed by atoms with Crippen molar-refractivity contribution in [3.63, 3.8) is 0 Å². The van der Waals surface area contributed by atoms with Crippen molar-refractivity contribution in [1.82, 2.24) is 15.2 Å². The molecule has 0 unspecified atom stereocenters. The van der Waals surface area contributed by atoms with Crippen LogP contribution in [0.15, 0.2) is 31.0 Å². The number of aliphatic carboxylic acids is 1. The molecule has 0 saturated carbocycles. The number of fused-ring (bicyclic) bond motifs is 3. The van der Waals surface area contributed by atoms with Gasteiger partial charge in [0.15, 0.2) is 0 Å². The van der Waals surface area contributed by atoms with Crippen molar-refractivity contribution in [2.75, 3.05) is 13.2 Å². The number of alkyl carbamates (subject to hydrolysis) is 1. The Morgan fingerprint density at radius 3 is 2.70 bits per heavy atom. The quantitative estimate of drug-likeness (QED) is 0.624. The number of amides is 2. The molecule has 4 bridgehead atoms. The van der Waals surface area contributed by atoms with Gasteiger partial charge in [0.1, 0.15) is 18.2 Å². The van der Waals surface area contributed by atoms with Gasteiger partial charge in [-0.15, -0.1) is 0 Å². The zero-order valence-electron chi connectivity index (χ0n) is 21.7. The summed E-state index contributed by atoms with van der Waals surface area (Å²) in [7, 11) is 0. The highest BCUT2D eigenvalue weighted by atomic mass is 16.5. The Morgan fingerprint density at radius 2 is 2.00 bits per heavy atom. The smallest absolute Gasteiger partial charge is 0.407 e. The van der Waals surface area contributed by atoms with Gasteiger partial charge in [0.05, 0.1) is 13.2 Å². The van der Waals surface area contributed by atoms with Crippen molar-refractivity contribution in [1.29, 1.82) is 0 Å². The van der Waals surface area contributed by atoms with Gasteiger partial charge in [-0.25, -0.2) is 14.6 Å². The molecular formula is C28H35N3O6. The number of nitrogens with zero attached hydrogens (tertiary/aromatic N) is 2. The van der Waals surface area contributed by atoms with E-state index in [2.05, 4.69) is 29.0 Å². The largest absolute Gasteiger partial charge is 0.480 e. The average molecular weight is 510 g/mol. The summed E-state index contributed by atoms with van der Waals surface area (Å²) >= 11 is 0. The van der Waals surface area contributed by atoms with Crippen LogP contribution in [0.2, 0.25) is 0 Å². The number of nitrogens with one attached hydrogen (secondary N) is 1. The number of aryl methyl sites for hydroxylation is 1. The van der Waals surface area contributed by atoms with Crippen molar-refractivity contribution in [2.24, 2.45) is 5.41 Å². The normalized spacial score (nSPS) is 23.5. The van der Waals surface area contributed by atoms with Crippen molar-refractivity contribution < 1.29 is 29.0 Å². The third kappa shape index (κ3) is 5.87. The third-order valence-electron chi connectivity index (χ3n) is 6.98. The van der Waals surface area contributed by atoms with Gasteiger partial charge >= 0.3 is 12.1 Å². The molecule has 3 heterocycles. The lowest BCUT2D eigenvalue weighted by molar-refractivity contribution is -0.150. The van der Waals surface area contributed by atoms with E-state index in [0.29, 0.717) is 12.3 Å². The van der Waals surface area contributed by atoms with E-state index >= 15 is 0 Å². The van der Waals surface area contributed by atoms with Crippen molar-refractivity contribution in [3.8, 4) is 5.88 Å². The summed E-state index contributed by atoms with van der Waals surface area (Å²) in [6.07, 6.45) is 5.59. The lowest BCUT2D eigenvalue weighted by Gasteiger charge is -2.34. The molecule has 2 N–H and O–H groups in total. The fraction of sp³-hybridized carbons (Fsp3) is 0.500. The van der Waals surface area contributed by atoms with Crippen LogP contribution >= 0.6 is 0 Å². The molecule has 9 nitrogen and oxygen atoms in total. The zero-order chi connectivity index (χ0) is 26.7. The van der Waals surface area contributed by atoms with Crippen molar-refractivity contribution in [3.05, 3.63) is 42.1 Å². The molecule has 0 radical (unpaired) electrons. The van der Waals surface area contributed by atoms with E-state index in [-0.39, 0.29) is 19.6 Å². The molecular weight excluding hydrogens is 474 g/mol. The number of ether oxygens (including phenoxy) is 2. The van der Waals surface area contributed by atoms with Crippen LogP contribution in [-0.2, 0) is 20.7 Å². The van der Waals surface area contributed by atoms with Gasteiger partial charge in [0, 0.05) is 18.0 Å². The molecule has 2 aliphatic heterocycles. The number of hydrogen-bond acceptors (Lipinski definition) is 6. The number of pyridine rings is 1. The Kier molecular flexibility index (Phi) is 7.71. The van der Waals surface area contributed by atoms with Gasteiger partial charge in [-0.3, -0.25) is 4.79 Å². The zero-order valence-corrected chi connectivity index (χ0v) is 21.7. The summed E-state index contributed by atoms with van der Waals surface area (Å²) in [6, 6.07) is 4.02. The maximum Gasteiger partial charge on any atom is 0.407 e. The van der Waals surface area contributed by atoms with Gasteiger partial charge in [-0.05, 0) is 59.7 Å². The first-order valence-corrected chi connectivity index (χ1v) is 12.8. The van der Waals surface area contributed by atoms with E-state index in [0.717, 1.165) is 41.2 Å². The summed E-state index contributed by atoms with van der Waals surface area (Å²) in [5.74, 6) is -1.20. The lowest BCUT2D eigenvalue weighted by Crippen LogP contribution is -2.57. The summed E-state index contributed by atoms with van der Waals surface area (Å²) in [6.45, 7) is 9.70. The third-order valence-corrected chi connectivity index (χ3v) is 6.98. The number of carboxylic acids is 1. The molecule has 2 amide bonds. The van der Waals surface area contributed by atoms with E-state index < -0.39 is 41.6 Å². The molecule has 9 heteroatoms. The topological polar surface area (TPSA) is 118 Å². The number of aromatic nitrogens is 1. The standard InChI is InChI=1S/C28H35N3O6/c1-5-18-13-17-9-7-6-8-12-36-27(35)30-23(28(2,3)4)25(32)31-16-19(15-22(31)26(33)34)37-24-21(14-17)20(18)10-11-29-24/h5,10-11,13-14,19,22-23H,1,6-9,12,15-16H2,2-4H3,(H,30,35)(H,33,34)/t19-,22+,23-/m1/s1. The number of carbonyl (C=O) groups is 3. The van der Waals surface area contributed by atoms with Crippen LogP contribution in [0.3, 0.4) is 0 Å². The van der Waals surface area contributed by atoms with E-state index in [1.54, 1.807) is 12.3 Å². The van der Waals surface area contributed by atoms with E-state index in [4.69, 9.17) is 9.47 Å². The molecule has 2 aliphatic rings. The predicted molar refractivity (Wildman–Crippen MR) is 139 cm³/mol. The van der Waals surface area contributed by atoms with Gasteiger partial charge in [0.25, 0.3) is 0 Å². The number of carbonyl (C=O) groups excluding carboxylic acids is 2. The molecule has 1 saturated heterocycles. The summed E-state index contributed by atoms with van der Waals surface area (Å²) in [4.78, 5) is 44.1. The highest BCUT2D eigenvalue weighted by molar-refractivity contribution is 5.94. The Labute approximate surface area is 216 Å². The molecule has 1 aromatic carbocycles. The maximum absolute atomic E-state index is 13.6. The Hall–Kier alpha value is -3.62. The van der Waals surface area contributed by atoms with Crippen LogP contribution in [0, 0.1) is 5.41 Å². The minimum absolute atomic E-state index is 0.0607. The Balaban J connectivity index is 1.73. The molecule has 1 aromatic heterocycles. The first kappa shape index (κ1) is 26.4. The second kappa shape index (κ2) is 10.8. The van der Waals surface area contributed by atoms with Crippen LogP contribution in [0.25, 0.3) is 16.8 Å². The first-order valence-electron chi connectivity index (χ1n) is 12.8. The number of benzene rings is 1.